The number of likely N-dealkylation sites (tertiary alicyclic amines) is 1. The smallest absolute Gasteiger partial charge is 0.223 e. The molecule has 0 aromatic rings. The van der Waals surface area contributed by atoms with Crippen LogP contribution in [0.1, 0.15) is 52.4 Å². The Morgan fingerprint density at radius 3 is 2.56 bits per heavy atom. The average molecular weight is 223 g/mol. The predicted octanol–water partition coefficient (Wildman–Crippen LogP) is 2.15. The summed E-state index contributed by atoms with van der Waals surface area (Å²) in [5.41, 5.74) is -0.256. The monoisotopic (exact) mass is 223 g/mol. The summed E-state index contributed by atoms with van der Waals surface area (Å²) in [6.45, 7) is 4.30. The van der Waals surface area contributed by atoms with E-state index in [9.17, 15) is 9.59 Å². The molecule has 1 aliphatic carbocycles. The number of ketones is 1. The molecule has 0 aromatic heterocycles. The minimum Gasteiger partial charge on any atom is -0.330 e. The summed E-state index contributed by atoms with van der Waals surface area (Å²) < 4.78 is 0. The molecule has 0 aromatic carbocycles. The van der Waals surface area contributed by atoms with Crippen molar-refractivity contribution < 1.29 is 9.59 Å². The summed E-state index contributed by atoms with van der Waals surface area (Å²) in [5, 5.41) is 0. The van der Waals surface area contributed by atoms with Gasteiger partial charge in [-0.1, -0.05) is 19.3 Å². The Kier molecular flexibility index (Phi) is 3.04. The molecule has 16 heavy (non-hydrogen) atoms. The Morgan fingerprint density at radius 2 is 2.12 bits per heavy atom. The zero-order valence-corrected chi connectivity index (χ0v) is 10.3. The number of hydrogen-bond donors (Lipinski definition) is 0. The quantitative estimate of drug-likeness (QED) is 0.735. The second-order valence-electron chi connectivity index (χ2n) is 5.84. The molecule has 3 nitrogen and oxygen atoms in total. The van der Waals surface area contributed by atoms with Crippen LogP contribution in [0.5, 0.6) is 0 Å². The van der Waals surface area contributed by atoms with E-state index < -0.39 is 0 Å². The maximum atomic E-state index is 12.0. The largest absolute Gasteiger partial charge is 0.330 e. The number of carbonyl (C=O) groups is 2. The van der Waals surface area contributed by atoms with E-state index in [-0.39, 0.29) is 17.2 Å². The van der Waals surface area contributed by atoms with Crippen LogP contribution >= 0.6 is 0 Å². The fourth-order valence-corrected chi connectivity index (χ4v) is 2.69. The van der Waals surface area contributed by atoms with Gasteiger partial charge in [-0.2, -0.15) is 0 Å². The highest BCUT2D eigenvalue weighted by Gasteiger charge is 2.40. The molecule has 1 aliphatic heterocycles. The molecular formula is C13H21NO2. The summed E-state index contributed by atoms with van der Waals surface area (Å²) >= 11 is 0. The number of rotatable bonds is 3. The summed E-state index contributed by atoms with van der Waals surface area (Å²) in [6, 6.07) is 0. The van der Waals surface area contributed by atoms with Gasteiger partial charge in [-0.05, 0) is 26.2 Å². The van der Waals surface area contributed by atoms with Gasteiger partial charge in [-0.3, -0.25) is 9.59 Å². The van der Waals surface area contributed by atoms with Crippen molar-refractivity contribution in [2.45, 2.75) is 57.9 Å². The third-order valence-corrected chi connectivity index (χ3v) is 3.99. The molecule has 0 spiro atoms. The molecule has 1 heterocycles. The number of amides is 1. The van der Waals surface area contributed by atoms with Gasteiger partial charge < -0.3 is 4.90 Å². The predicted molar refractivity (Wildman–Crippen MR) is 62.0 cm³/mol. The molecular weight excluding hydrogens is 202 g/mol. The molecule has 0 atom stereocenters. The van der Waals surface area contributed by atoms with Gasteiger partial charge in [0.15, 0.2) is 5.78 Å². The highest BCUT2D eigenvalue weighted by atomic mass is 16.2. The summed E-state index contributed by atoms with van der Waals surface area (Å²) in [6.07, 6.45) is 6.06. The topological polar surface area (TPSA) is 37.4 Å². The lowest BCUT2D eigenvalue weighted by Crippen LogP contribution is -2.42. The lowest BCUT2D eigenvalue weighted by molar-refractivity contribution is -0.135. The SMILES string of the molecule is CC1(C)CC(=O)CN1C(=O)CCC1CCC1. The fourth-order valence-electron chi connectivity index (χ4n) is 2.69. The molecule has 0 bridgehead atoms. The average Bonchev–Trinajstić information content (AvgIpc) is 2.36. The van der Waals surface area contributed by atoms with Gasteiger partial charge in [0.2, 0.25) is 5.91 Å². The molecule has 3 heteroatoms. The first-order chi connectivity index (χ1) is 7.49. The number of nitrogens with zero attached hydrogens (tertiary/aromatic N) is 1. The summed E-state index contributed by atoms with van der Waals surface area (Å²) in [4.78, 5) is 25.2. The lowest BCUT2D eigenvalue weighted by Gasteiger charge is -2.32. The molecule has 90 valence electrons. The van der Waals surface area contributed by atoms with E-state index >= 15 is 0 Å². The maximum absolute atomic E-state index is 12.0. The Hall–Kier alpha value is -0.860. The van der Waals surface area contributed by atoms with Crippen molar-refractivity contribution >= 4 is 11.7 Å². The van der Waals surface area contributed by atoms with E-state index in [1.54, 1.807) is 4.90 Å². The van der Waals surface area contributed by atoms with Gasteiger partial charge in [0.25, 0.3) is 0 Å². The minimum absolute atomic E-state index is 0.169. The molecule has 0 N–H and O–H groups in total. The van der Waals surface area contributed by atoms with E-state index in [0.717, 1.165) is 12.3 Å². The van der Waals surface area contributed by atoms with Crippen molar-refractivity contribution in [2.75, 3.05) is 6.54 Å². The van der Waals surface area contributed by atoms with Crippen LogP contribution in [0.25, 0.3) is 0 Å². The van der Waals surface area contributed by atoms with Crippen LogP contribution < -0.4 is 0 Å². The molecule has 0 unspecified atom stereocenters. The molecule has 1 amide bonds. The van der Waals surface area contributed by atoms with Crippen molar-refractivity contribution in [3.05, 3.63) is 0 Å². The van der Waals surface area contributed by atoms with Gasteiger partial charge >= 0.3 is 0 Å². The minimum atomic E-state index is -0.256. The van der Waals surface area contributed by atoms with Crippen molar-refractivity contribution in [3.63, 3.8) is 0 Å². The first kappa shape index (κ1) is 11.6. The molecule has 2 fully saturated rings. The van der Waals surface area contributed by atoms with Crippen molar-refractivity contribution in [2.24, 2.45) is 5.92 Å². The van der Waals surface area contributed by atoms with E-state index in [2.05, 4.69) is 0 Å². The second kappa shape index (κ2) is 4.19. The normalized spacial score (nSPS) is 24.6. The van der Waals surface area contributed by atoms with Gasteiger partial charge in [0.1, 0.15) is 0 Å². The van der Waals surface area contributed by atoms with Crippen molar-refractivity contribution in [1.82, 2.24) is 4.90 Å². The van der Waals surface area contributed by atoms with Crippen LogP contribution in [0.4, 0.5) is 0 Å². The highest BCUT2D eigenvalue weighted by molar-refractivity contribution is 5.91. The highest BCUT2D eigenvalue weighted by Crippen LogP contribution is 2.32. The molecule has 1 saturated heterocycles. The molecule has 0 radical (unpaired) electrons. The number of carbonyl (C=O) groups excluding carboxylic acids is 2. The Labute approximate surface area is 97.2 Å². The fraction of sp³-hybridized carbons (Fsp3) is 0.846. The van der Waals surface area contributed by atoms with Gasteiger partial charge in [-0.15, -0.1) is 0 Å². The molecule has 2 rings (SSSR count). The first-order valence-corrected chi connectivity index (χ1v) is 6.31. The standard InChI is InChI=1S/C13H21NO2/c1-13(2)8-11(15)9-14(13)12(16)7-6-10-4-3-5-10/h10H,3-9H2,1-2H3. The van der Waals surface area contributed by atoms with E-state index in [4.69, 9.17) is 0 Å². The Balaban J connectivity index is 1.86. The van der Waals surface area contributed by atoms with Gasteiger partial charge in [0, 0.05) is 18.4 Å². The summed E-state index contributed by atoms with van der Waals surface area (Å²) in [5.74, 6) is 1.13. The third-order valence-electron chi connectivity index (χ3n) is 3.99. The van der Waals surface area contributed by atoms with Crippen LogP contribution in [0.15, 0.2) is 0 Å². The maximum Gasteiger partial charge on any atom is 0.223 e. The second-order valence-corrected chi connectivity index (χ2v) is 5.84. The first-order valence-electron chi connectivity index (χ1n) is 6.31. The van der Waals surface area contributed by atoms with Gasteiger partial charge in [-0.25, -0.2) is 0 Å². The number of Topliss-reactive ketones (excluding diaryl/α,β-unsaturated/α-hetero) is 1. The van der Waals surface area contributed by atoms with E-state index in [1.165, 1.54) is 19.3 Å². The lowest BCUT2D eigenvalue weighted by atomic mass is 9.82. The van der Waals surface area contributed by atoms with Crippen LogP contribution in [0.2, 0.25) is 0 Å². The molecule has 1 saturated carbocycles. The van der Waals surface area contributed by atoms with Crippen molar-refractivity contribution in [1.29, 1.82) is 0 Å². The van der Waals surface area contributed by atoms with Crippen LogP contribution in [0, 0.1) is 5.92 Å². The van der Waals surface area contributed by atoms with Crippen LogP contribution in [0.3, 0.4) is 0 Å². The van der Waals surface area contributed by atoms with Crippen molar-refractivity contribution in [3.8, 4) is 0 Å². The van der Waals surface area contributed by atoms with E-state index in [0.29, 0.717) is 19.4 Å². The zero-order valence-electron chi connectivity index (χ0n) is 10.3. The Morgan fingerprint density at radius 1 is 1.44 bits per heavy atom. The summed E-state index contributed by atoms with van der Waals surface area (Å²) in [7, 11) is 0. The molecule has 2 aliphatic rings. The van der Waals surface area contributed by atoms with Crippen LogP contribution in [-0.2, 0) is 9.59 Å². The Bertz CT molecular complexity index is 305. The van der Waals surface area contributed by atoms with Crippen LogP contribution in [-0.4, -0.2) is 28.7 Å². The zero-order chi connectivity index (χ0) is 11.8. The van der Waals surface area contributed by atoms with Gasteiger partial charge in [0.05, 0.1) is 6.54 Å². The van der Waals surface area contributed by atoms with E-state index in [1.807, 2.05) is 13.8 Å². The third kappa shape index (κ3) is 2.28. The number of hydrogen-bond acceptors (Lipinski definition) is 2.